The highest BCUT2D eigenvalue weighted by molar-refractivity contribution is 9.11. The summed E-state index contributed by atoms with van der Waals surface area (Å²) in [4.78, 5) is 12.8. The lowest BCUT2D eigenvalue weighted by molar-refractivity contribution is -0.127. The summed E-state index contributed by atoms with van der Waals surface area (Å²) in [6.07, 6.45) is 3.80. The molecule has 0 bridgehead atoms. The first-order valence-electron chi connectivity index (χ1n) is 7.05. The van der Waals surface area contributed by atoms with Gasteiger partial charge in [-0.05, 0) is 76.3 Å². The third-order valence-electron chi connectivity index (χ3n) is 3.97. The van der Waals surface area contributed by atoms with Crippen LogP contribution in [0.25, 0.3) is 0 Å². The number of carbonyl (C=O) groups excluding carboxylic acids is 1. The van der Waals surface area contributed by atoms with Gasteiger partial charge in [0.05, 0.1) is 11.1 Å². The largest absolute Gasteiger partial charge is 0.324 e. The molecule has 0 radical (unpaired) electrons. The number of benzene rings is 1. The first kappa shape index (κ1) is 16.0. The maximum Gasteiger partial charge on any atom is 0.230 e. The quantitative estimate of drug-likeness (QED) is 0.785. The topological polar surface area (TPSA) is 41.1 Å². The molecule has 0 atom stereocenters. The van der Waals surface area contributed by atoms with E-state index < -0.39 is 0 Å². The molecule has 1 heterocycles. The minimum Gasteiger partial charge on any atom is -0.324 e. The van der Waals surface area contributed by atoms with E-state index >= 15 is 0 Å². The van der Waals surface area contributed by atoms with Crippen LogP contribution in [0, 0.1) is 5.41 Å². The average Bonchev–Trinajstić information content (AvgIpc) is 2.44. The summed E-state index contributed by atoms with van der Waals surface area (Å²) >= 11 is 7.00. The van der Waals surface area contributed by atoms with E-state index in [0.717, 1.165) is 53.4 Å². The monoisotopic (exact) mass is 402 g/mol. The predicted molar refractivity (Wildman–Crippen MR) is 89.9 cm³/mol. The minimum atomic E-state index is -0.227. The summed E-state index contributed by atoms with van der Waals surface area (Å²) in [7, 11) is 0. The third kappa shape index (κ3) is 3.43. The lowest BCUT2D eigenvalue weighted by atomic mass is 9.74. The number of amides is 1. The standard InChI is InChI=1S/C15H20Br2N2O/c1-2-6-15(7-9-18-10-8-15)14(20)19-13-11(16)4-3-5-12(13)17/h3-5,18H,2,6-10H2,1H3,(H,19,20). The molecule has 0 spiro atoms. The van der Waals surface area contributed by atoms with Crippen molar-refractivity contribution >= 4 is 43.5 Å². The number of piperidine rings is 1. The Morgan fingerprint density at radius 3 is 2.45 bits per heavy atom. The molecule has 20 heavy (non-hydrogen) atoms. The molecule has 0 aliphatic carbocycles. The summed E-state index contributed by atoms with van der Waals surface area (Å²) < 4.78 is 1.81. The van der Waals surface area contributed by atoms with Crippen molar-refractivity contribution in [2.45, 2.75) is 32.6 Å². The molecule has 2 rings (SSSR count). The number of anilines is 1. The van der Waals surface area contributed by atoms with Gasteiger partial charge in [0.2, 0.25) is 5.91 Å². The molecule has 0 unspecified atom stereocenters. The van der Waals surface area contributed by atoms with Crippen LogP contribution in [-0.2, 0) is 4.79 Å². The van der Waals surface area contributed by atoms with E-state index in [-0.39, 0.29) is 11.3 Å². The molecule has 3 nitrogen and oxygen atoms in total. The van der Waals surface area contributed by atoms with Crippen molar-refractivity contribution in [2.75, 3.05) is 18.4 Å². The molecule has 1 amide bonds. The van der Waals surface area contributed by atoms with Crippen LogP contribution >= 0.6 is 31.9 Å². The van der Waals surface area contributed by atoms with Gasteiger partial charge in [-0.25, -0.2) is 0 Å². The molecule has 1 aromatic carbocycles. The van der Waals surface area contributed by atoms with Gasteiger partial charge < -0.3 is 10.6 Å². The average molecular weight is 404 g/mol. The Morgan fingerprint density at radius 2 is 1.90 bits per heavy atom. The molecule has 1 saturated heterocycles. The minimum absolute atomic E-state index is 0.147. The fourth-order valence-electron chi connectivity index (χ4n) is 2.84. The van der Waals surface area contributed by atoms with Gasteiger partial charge in [0.15, 0.2) is 0 Å². The van der Waals surface area contributed by atoms with Gasteiger partial charge in [0.25, 0.3) is 0 Å². The van der Waals surface area contributed by atoms with Gasteiger partial charge in [-0.15, -0.1) is 0 Å². The van der Waals surface area contributed by atoms with Gasteiger partial charge in [-0.1, -0.05) is 19.4 Å². The summed E-state index contributed by atoms with van der Waals surface area (Å²) in [5, 5.41) is 6.45. The number of para-hydroxylation sites is 1. The summed E-state index contributed by atoms with van der Waals surface area (Å²) in [6, 6.07) is 5.82. The first-order chi connectivity index (χ1) is 9.59. The number of halogens is 2. The van der Waals surface area contributed by atoms with Gasteiger partial charge >= 0.3 is 0 Å². The van der Waals surface area contributed by atoms with Crippen LogP contribution in [0.1, 0.15) is 32.6 Å². The number of hydrogen-bond donors (Lipinski definition) is 2. The van der Waals surface area contributed by atoms with Crippen LogP contribution in [0.4, 0.5) is 5.69 Å². The first-order valence-corrected chi connectivity index (χ1v) is 8.64. The van der Waals surface area contributed by atoms with Gasteiger partial charge in [0.1, 0.15) is 0 Å². The Hall–Kier alpha value is -0.390. The number of rotatable bonds is 4. The number of hydrogen-bond acceptors (Lipinski definition) is 2. The molecule has 1 fully saturated rings. The summed E-state index contributed by atoms with van der Waals surface area (Å²) in [6.45, 7) is 3.99. The van der Waals surface area contributed by atoms with E-state index in [0.29, 0.717) is 0 Å². The zero-order valence-corrected chi connectivity index (χ0v) is 14.8. The summed E-state index contributed by atoms with van der Waals surface area (Å²) in [5.41, 5.74) is 0.598. The molecule has 1 aromatic rings. The smallest absolute Gasteiger partial charge is 0.230 e. The van der Waals surface area contributed by atoms with Gasteiger partial charge in [-0.3, -0.25) is 4.79 Å². The number of nitrogens with one attached hydrogen (secondary N) is 2. The Morgan fingerprint density at radius 1 is 1.30 bits per heavy atom. The lowest BCUT2D eigenvalue weighted by Gasteiger charge is -2.36. The lowest BCUT2D eigenvalue weighted by Crippen LogP contribution is -2.45. The molecular formula is C15H20Br2N2O. The molecule has 5 heteroatoms. The highest BCUT2D eigenvalue weighted by Crippen LogP contribution is 2.38. The second-order valence-electron chi connectivity index (χ2n) is 5.33. The molecular weight excluding hydrogens is 384 g/mol. The Bertz CT molecular complexity index is 459. The van der Waals surface area contributed by atoms with Gasteiger partial charge in [0, 0.05) is 8.95 Å². The number of carbonyl (C=O) groups is 1. The third-order valence-corrected chi connectivity index (χ3v) is 5.29. The van der Waals surface area contributed by atoms with E-state index in [2.05, 4.69) is 49.4 Å². The maximum absolute atomic E-state index is 12.8. The van der Waals surface area contributed by atoms with Crippen LogP contribution in [0.15, 0.2) is 27.1 Å². The predicted octanol–water partition coefficient (Wildman–Crippen LogP) is 4.32. The van der Waals surface area contributed by atoms with Crippen molar-refractivity contribution in [2.24, 2.45) is 5.41 Å². The van der Waals surface area contributed by atoms with Crippen molar-refractivity contribution in [1.29, 1.82) is 0 Å². The van der Waals surface area contributed by atoms with Crippen molar-refractivity contribution < 1.29 is 4.79 Å². The van der Waals surface area contributed by atoms with Crippen LogP contribution in [0.5, 0.6) is 0 Å². The zero-order valence-electron chi connectivity index (χ0n) is 11.6. The van der Waals surface area contributed by atoms with Gasteiger partial charge in [-0.2, -0.15) is 0 Å². The van der Waals surface area contributed by atoms with E-state index in [9.17, 15) is 4.79 Å². The molecule has 110 valence electrons. The Balaban J connectivity index is 2.20. The van der Waals surface area contributed by atoms with Crippen molar-refractivity contribution in [3.8, 4) is 0 Å². The second-order valence-corrected chi connectivity index (χ2v) is 7.04. The Labute approximate surface area is 137 Å². The molecule has 2 N–H and O–H groups in total. The van der Waals surface area contributed by atoms with E-state index in [4.69, 9.17) is 0 Å². The van der Waals surface area contributed by atoms with Crippen molar-refractivity contribution in [3.63, 3.8) is 0 Å². The van der Waals surface area contributed by atoms with Crippen LogP contribution in [0.2, 0.25) is 0 Å². The second kappa shape index (κ2) is 7.05. The fourth-order valence-corrected chi connectivity index (χ4v) is 4.03. The van der Waals surface area contributed by atoms with E-state index in [1.807, 2.05) is 18.2 Å². The van der Waals surface area contributed by atoms with Crippen molar-refractivity contribution in [3.05, 3.63) is 27.1 Å². The zero-order chi connectivity index (χ0) is 14.6. The molecule has 1 aliphatic heterocycles. The maximum atomic E-state index is 12.8. The Kier molecular flexibility index (Phi) is 5.64. The van der Waals surface area contributed by atoms with E-state index in [1.54, 1.807) is 0 Å². The van der Waals surface area contributed by atoms with Crippen LogP contribution in [-0.4, -0.2) is 19.0 Å². The molecule has 0 saturated carbocycles. The highest BCUT2D eigenvalue weighted by Gasteiger charge is 2.38. The van der Waals surface area contributed by atoms with Crippen molar-refractivity contribution in [1.82, 2.24) is 5.32 Å². The normalized spacial score (nSPS) is 17.8. The SMILES string of the molecule is CCCC1(C(=O)Nc2c(Br)cccc2Br)CCNCC1. The molecule has 0 aromatic heterocycles. The fraction of sp³-hybridized carbons (Fsp3) is 0.533. The van der Waals surface area contributed by atoms with Crippen LogP contribution in [0.3, 0.4) is 0 Å². The molecule has 1 aliphatic rings. The van der Waals surface area contributed by atoms with Crippen LogP contribution < -0.4 is 10.6 Å². The summed E-state index contributed by atoms with van der Waals surface area (Å²) in [5.74, 6) is 0.147. The van der Waals surface area contributed by atoms with E-state index in [1.165, 1.54) is 0 Å². The highest BCUT2D eigenvalue weighted by atomic mass is 79.9.